The molecule has 0 aromatic heterocycles. The maximum absolute atomic E-state index is 13.5. The van der Waals surface area contributed by atoms with Crippen LogP contribution in [0.4, 0.5) is 4.39 Å². The van der Waals surface area contributed by atoms with Gasteiger partial charge in [-0.1, -0.05) is 12.2 Å². The smallest absolute Gasteiger partial charge is 0.208 e. The fourth-order valence-electron chi connectivity index (χ4n) is 1.14. The van der Waals surface area contributed by atoms with Crippen LogP contribution in [0, 0.1) is 5.82 Å². The normalized spacial score (nSPS) is 10.9. The summed E-state index contributed by atoms with van der Waals surface area (Å²) in [4.78, 5) is 0. The van der Waals surface area contributed by atoms with Gasteiger partial charge in [-0.15, -0.1) is 0 Å². The highest BCUT2D eigenvalue weighted by Crippen LogP contribution is 2.36. The molecule has 3 nitrogen and oxygen atoms in total. The first-order valence-electron chi connectivity index (χ1n) is 4.23. The van der Waals surface area contributed by atoms with E-state index in [4.69, 9.17) is 10.5 Å². The number of aromatic hydroxyl groups is 1. The minimum absolute atomic E-state index is 0.000370. The third kappa shape index (κ3) is 2.49. The van der Waals surface area contributed by atoms with Crippen molar-refractivity contribution >= 4 is 22.0 Å². The molecule has 3 N–H and O–H groups in total. The van der Waals surface area contributed by atoms with Crippen molar-refractivity contribution in [2.24, 2.45) is 5.73 Å². The first-order chi connectivity index (χ1) is 7.11. The van der Waals surface area contributed by atoms with E-state index in [-0.39, 0.29) is 10.2 Å². The molecule has 0 bridgehead atoms. The zero-order valence-electron chi connectivity index (χ0n) is 8.13. The Morgan fingerprint density at radius 1 is 1.67 bits per heavy atom. The summed E-state index contributed by atoms with van der Waals surface area (Å²) >= 11 is 3.04. The summed E-state index contributed by atoms with van der Waals surface area (Å²) in [7, 11) is 1.34. The van der Waals surface area contributed by atoms with Crippen molar-refractivity contribution in [3.8, 4) is 11.5 Å². The third-order valence-corrected chi connectivity index (χ3v) is 2.42. The highest BCUT2D eigenvalue weighted by molar-refractivity contribution is 9.10. The van der Waals surface area contributed by atoms with Gasteiger partial charge in [-0.25, -0.2) is 0 Å². The van der Waals surface area contributed by atoms with Gasteiger partial charge in [-0.05, 0) is 22.0 Å². The summed E-state index contributed by atoms with van der Waals surface area (Å²) in [5, 5.41) is 9.32. The average Bonchev–Trinajstić information content (AvgIpc) is 2.23. The van der Waals surface area contributed by atoms with Gasteiger partial charge >= 0.3 is 0 Å². The van der Waals surface area contributed by atoms with Crippen molar-refractivity contribution in [2.45, 2.75) is 0 Å². The molecule has 0 radical (unpaired) electrons. The molecule has 0 unspecified atom stereocenters. The van der Waals surface area contributed by atoms with E-state index in [1.165, 1.54) is 7.11 Å². The van der Waals surface area contributed by atoms with Crippen molar-refractivity contribution in [3.63, 3.8) is 0 Å². The number of halogens is 2. The van der Waals surface area contributed by atoms with Crippen molar-refractivity contribution in [1.29, 1.82) is 0 Å². The van der Waals surface area contributed by atoms with Crippen molar-refractivity contribution in [1.82, 2.24) is 0 Å². The molecule has 0 aliphatic rings. The van der Waals surface area contributed by atoms with Crippen LogP contribution >= 0.6 is 15.9 Å². The molecule has 0 amide bonds. The highest BCUT2D eigenvalue weighted by atomic mass is 79.9. The Morgan fingerprint density at radius 2 is 2.33 bits per heavy atom. The van der Waals surface area contributed by atoms with Crippen LogP contribution in [-0.2, 0) is 0 Å². The molecular weight excluding hydrogens is 265 g/mol. The molecule has 0 fully saturated rings. The fourth-order valence-corrected chi connectivity index (χ4v) is 1.56. The first-order valence-corrected chi connectivity index (χ1v) is 5.02. The van der Waals surface area contributed by atoms with Crippen molar-refractivity contribution in [3.05, 3.63) is 28.0 Å². The van der Waals surface area contributed by atoms with Crippen LogP contribution in [0.1, 0.15) is 5.56 Å². The lowest BCUT2D eigenvalue weighted by atomic mass is 10.1. The molecule has 15 heavy (non-hydrogen) atoms. The molecule has 0 saturated heterocycles. The van der Waals surface area contributed by atoms with Gasteiger partial charge in [-0.2, -0.15) is 4.39 Å². The van der Waals surface area contributed by atoms with Gasteiger partial charge in [0.1, 0.15) is 0 Å². The molecule has 0 aliphatic heterocycles. The lowest BCUT2D eigenvalue weighted by Gasteiger charge is -2.09. The third-order valence-electron chi connectivity index (χ3n) is 1.82. The van der Waals surface area contributed by atoms with E-state index in [2.05, 4.69) is 15.9 Å². The van der Waals surface area contributed by atoms with Crippen LogP contribution in [0.25, 0.3) is 6.08 Å². The van der Waals surface area contributed by atoms with Crippen LogP contribution in [-0.4, -0.2) is 18.8 Å². The van der Waals surface area contributed by atoms with E-state index in [1.54, 1.807) is 18.2 Å². The van der Waals surface area contributed by atoms with Gasteiger partial charge in [0.25, 0.3) is 0 Å². The van der Waals surface area contributed by atoms with Crippen LogP contribution in [0.2, 0.25) is 0 Å². The largest absolute Gasteiger partial charge is 0.504 e. The minimum atomic E-state index is -0.788. The SMILES string of the molecule is COc1c(/C=C/CN)cc(Br)c(O)c1F. The van der Waals surface area contributed by atoms with E-state index in [0.717, 1.165) is 0 Å². The lowest BCUT2D eigenvalue weighted by molar-refractivity contribution is 0.362. The van der Waals surface area contributed by atoms with Crippen LogP contribution in [0.3, 0.4) is 0 Å². The summed E-state index contributed by atoms with van der Waals surface area (Å²) in [6.07, 6.45) is 3.30. The number of benzene rings is 1. The summed E-state index contributed by atoms with van der Waals surface area (Å²) in [5.74, 6) is -1.25. The predicted molar refractivity (Wildman–Crippen MR) is 60.4 cm³/mol. The second kappa shape index (κ2) is 5.14. The number of hydrogen-bond acceptors (Lipinski definition) is 3. The van der Waals surface area contributed by atoms with Crippen molar-refractivity contribution in [2.75, 3.05) is 13.7 Å². The van der Waals surface area contributed by atoms with E-state index in [0.29, 0.717) is 12.1 Å². The summed E-state index contributed by atoms with van der Waals surface area (Å²) in [6, 6.07) is 1.56. The number of hydrogen-bond donors (Lipinski definition) is 2. The Labute approximate surface area is 95.5 Å². The van der Waals surface area contributed by atoms with Crippen LogP contribution in [0.5, 0.6) is 11.5 Å². The molecule has 5 heteroatoms. The first kappa shape index (κ1) is 12.0. The quantitative estimate of drug-likeness (QED) is 0.890. The molecule has 1 aromatic carbocycles. The molecular formula is C10H11BrFNO2. The number of rotatable bonds is 3. The molecule has 0 spiro atoms. The standard InChI is InChI=1S/C10H11BrFNO2/c1-15-10-6(3-2-4-13)5-7(11)9(14)8(10)12/h2-3,5,14H,4,13H2,1H3/b3-2+. The van der Waals surface area contributed by atoms with Crippen LogP contribution in [0.15, 0.2) is 16.6 Å². The van der Waals surface area contributed by atoms with Gasteiger partial charge < -0.3 is 15.6 Å². The molecule has 0 saturated carbocycles. The molecule has 0 heterocycles. The Morgan fingerprint density at radius 3 is 2.87 bits per heavy atom. The summed E-state index contributed by atoms with van der Waals surface area (Å²) in [6.45, 7) is 0.350. The molecule has 1 aromatic rings. The summed E-state index contributed by atoms with van der Waals surface area (Å²) < 4.78 is 18.6. The van der Waals surface area contributed by atoms with Gasteiger partial charge in [0.2, 0.25) is 5.82 Å². The van der Waals surface area contributed by atoms with Gasteiger partial charge in [0.15, 0.2) is 11.5 Å². The minimum Gasteiger partial charge on any atom is -0.504 e. The van der Waals surface area contributed by atoms with Gasteiger partial charge in [0, 0.05) is 12.1 Å². The number of nitrogens with two attached hydrogens (primary N) is 1. The number of phenolic OH excluding ortho intramolecular Hbond substituents is 1. The lowest BCUT2D eigenvalue weighted by Crippen LogP contribution is -1.95. The van der Waals surface area contributed by atoms with Crippen molar-refractivity contribution < 1.29 is 14.2 Å². The number of methoxy groups -OCH3 is 1. The highest BCUT2D eigenvalue weighted by Gasteiger charge is 2.15. The monoisotopic (exact) mass is 275 g/mol. The maximum Gasteiger partial charge on any atom is 0.208 e. The van der Waals surface area contributed by atoms with Crippen LogP contribution < -0.4 is 10.5 Å². The Hall–Kier alpha value is -1.07. The van der Waals surface area contributed by atoms with E-state index in [9.17, 15) is 9.50 Å². The topological polar surface area (TPSA) is 55.5 Å². The average molecular weight is 276 g/mol. The van der Waals surface area contributed by atoms with Gasteiger partial charge in [-0.3, -0.25) is 0 Å². The molecule has 0 atom stereocenters. The second-order valence-corrected chi connectivity index (χ2v) is 3.64. The van der Waals surface area contributed by atoms with E-state index >= 15 is 0 Å². The number of ether oxygens (including phenoxy) is 1. The van der Waals surface area contributed by atoms with E-state index in [1.807, 2.05) is 0 Å². The molecule has 0 aliphatic carbocycles. The Kier molecular flexibility index (Phi) is 4.11. The zero-order valence-corrected chi connectivity index (χ0v) is 9.71. The second-order valence-electron chi connectivity index (χ2n) is 2.78. The number of phenols is 1. The molecule has 1 rings (SSSR count). The van der Waals surface area contributed by atoms with Gasteiger partial charge in [0.05, 0.1) is 11.6 Å². The Balaban J connectivity index is 3.31. The summed E-state index contributed by atoms with van der Waals surface area (Å²) in [5.41, 5.74) is 5.81. The van der Waals surface area contributed by atoms with E-state index < -0.39 is 11.6 Å². The Bertz CT molecular complexity index is 393. The zero-order chi connectivity index (χ0) is 11.4. The fraction of sp³-hybridized carbons (Fsp3) is 0.200. The molecule has 82 valence electrons. The maximum atomic E-state index is 13.5. The predicted octanol–water partition coefficient (Wildman–Crippen LogP) is 2.27.